The van der Waals surface area contributed by atoms with E-state index in [2.05, 4.69) is 31.4 Å². The average Bonchev–Trinajstić information content (AvgIpc) is 3.03. The van der Waals surface area contributed by atoms with Gasteiger partial charge in [0.2, 0.25) is 5.91 Å². The first-order valence-electron chi connectivity index (χ1n) is 8.50. The summed E-state index contributed by atoms with van der Waals surface area (Å²) in [6.45, 7) is 2.99. The summed E-state index contributed by atoms with van der Waals surface area (Å²) in [6, 6.07) is 15.1. The van der Waals surface area contributed by atoms with Gasteiger partial charge in [-0.2, -0.15) is 5.10 Å². The molecular weight excluding hydrogens is 428 g/mol. The minimum absolute atomic E-state index is 0.0851. The van der Waals surface area contributed by atoms with Crippen LogP contribution < -0.4 is 10.1 Å². The number of anilines is 1. The van der Waals surface area contributed by atoms with Gasteiger partial charge in [-0.3, -0.25) is 14.5 Å². The number of aromatic amines is 1. The Kier molecular flexibility index (Phi) is 6.41. The predicted octanol–water partition coefficient (Wildman–Crippen LogP) is 4.80. The van der Waals surface area contributed by atoms with E-state index in [0.717, 1.165) is 21.5 Å². The molecule has 1 heterocycles. The highest BCUT2D eigenvalue weighted by atomic mass is 79.9. The van der Waals surface area contributed by atoms with Crippen molar-refractivity contribution in [3.63, 3.8) is 0 Å². The molecule has 27 heavy (non-hydrogen) atoms. The summed E-state index contributed by atoms with van der Waals surface area (Å²) in [5, 5.41) is 9.98. The summed E-state index contributed by atoms with van der Waals surface area (Å²) in [5.41, 5.74) is 1.66. The van der Waals surface area contributed by atoms with E-state index in [1.165, 1.54) is 0 Å². The molecule has 0 spiro atoms. The SMILES string of the molecule is CCOc1ccc(-c2n[nH]c(=S)n2CCC(=O)Nc2ccc(Br)cc2)cc1. The van der Waals surface area contributed by atoms with Crippen molar-refractivity contribution in [3.05, 3.63) is 57.8 Å². The molecule has 1 amide bonds. The van der Waals surface area contributed by atoms with Crippen molar-refractivity contribution < 1.29 is 9.53 Å². The molecule has 0 fully saturated rings. The van der Waals surface area contributed by atoms with Crippen molar-refractivity contribution in [1.82, 2.24) is 14.8 Å². The van der Waals surface area contributed by atoms with E-state index < -0.39 is 0 Å². The van der Waals surface area contributed by atoms with Gasteiger partial charge in [0.25, 0.3) is 0 Å². The number of ether oxygens (including phenoxy) is 1. The van der Waals surface area contributed by atoms with Crippen molar-refractivity contribution in [2.45, 2.75) is 19.9 Å². The smallest absolute Gasteiger partial charge is 0.226 e. The predicted molar refractivity (Wildman–Crippen MR) is 111 cm³/mol. The number of benzene rings is 2. The number of hydrogen-bond acceptors (Lipinski definition) is 4. The molecule has 2 N–H and O–H groups in total. The van der Waals surface area contributed by atoms with Crippen LogP contribution in [0.3, 0.4) is 0 Å². The van der Waals surface area contributed by atoms with Crippen LogP contribution in [0.2, 0.25) is 0 Å². The van der Waals surface area contributed by atoms with Gasteiger partial charge in [0.1, 0.15) is 5.75 Å². The second kappa shape index (κ2) is 8.96. The summed E-state index contributed by atoms with van der Waals surface area (Å²) in [6.07, 6.45) is 0.286. The summed E-state index contributed by atoms with van der Waals surface area (Å²) in [4.78, 5) is 12.3. The topological polar surface area (TPSA) is 71.9 Å². The summed E-state index contributed by atoms with van der Waals surface area (Å²) in [5.74, 6) is 1.41. The van der Waals surface area contributed by atoms with Crippen LogP contribution in [0.5, 0.6) is 5.75 Å². The van der Waals surface area contributed by atoms with Crippen LogP contribution >= 0.6 is 28.1 Å². The van der Waals surface area contributed by atoms with E-state index in [-0.39, 0.29) is 12.3 Å². The van der Waals surface area contributed by atoms with Crippen molar-refractivity contribution in [2.24, 2.45) is 0 Å². The van der Waals surface area contributed by atoms with Crippen LogP contribution in [0.25, 0.3) is 11.4 Å². The van der Waals surface area contributed by atoms with Gasteiger partial charge in [0.15, 0.2) is 10.6 Å². The number of nitrogens with one attached hydrogen (secondary N) is 2. The molecule has 3 aromatic rings. The number of aromatic nitrogens is 3. The molecule has 8 heteroatoms. The molecule has 0 saturated carbocycles. The summed E-state index contributed by atoms with van der Waals surface area (Å²) < 4.78 is 8.73. The van der Waals surface area contributed by atoms with Gasteiger partial charge >= 0.3 is 0 Å². The fourth-order valence-corrected chi connectivity index (χ4v) is 3.07. The molecule has 0 unspecified atom stereocenters. The van der Waals surface area contributed by atoms with Gasteiger partial charge in [-0.15, -0.1) is 0 Å². The van der Waals surface area contributed by atoms with Crippen LogP contribution in [-0.4, -0.2) is 27.3 Å². The number of halogens is 1. The van der Waals surface area contributed by atoms with E-state index in [9.17, 15) is 4.79 Å². The Labute approximate surface area is 170 Å². The molecule has 0 radical (unpaired) electrons. The van der Waals surface area contributed by atoms with Gasteiger partial charge in [0.05, 0.1) is 6.61 Å². The highest BCUT2D eigenvalue weighted by molar-refractivity contribution is 9.10. The van der Waals surface area contributed by atoms with Gasteiger partial charge in [-0.25, -0.2) is 0 Å². The number of amides is 1. The third kappa shape index (κ3) is 5.05. The Balaban J connectivity index is 1.68. The van der Waals surface area contributed by atoms with E-state index in [4.69, 9.17) is 17.0 Å². The Bertz CT molecular complexity index is 965. The van der Waals surface area contributed by atoms with Crippen LogP contribution in [0.4, 0.5) is 5.69 Å². The van der Waals surface area contributed by atoms with Crippen LogP contribution in [0.1, 0.15) is 13.3 Å². The highest BCUT2D eigenvalue weighted by Crippen LogP contribution is 2.21. The molecule has 0 atom stereocenters. The normalized spacial score (nSPS) is 10.6. The Morgan fingerprint density at radius 2 is 1.93 bits per heavy atom. The van der Waals surface area contributed by atoms with Crippen molar-refractivity contribution in [3.8, 4) is 17.1 Å². The molecule has 0 bridgehead atoms. The number of hydrogen-bond donors (Lipinski definition) is 2. The van der Waals surface area contributed by atoms with E-state index >= 15 is 0 Å². The fraction of sp³-hybridized carbons (Fsp3) is 0.211. The molecule has 6 nitrogen and oxygen atoms in total. The van der Waals surface area contributed by atoms with Crippen molar-refractivity contribution >= 4 is 39.7 Å². The molecule has 0 saturated heterocycles. The second-order valence-electron chi connectivity index (χ2n) is 5.77. The molecule has 2 aromatic carbocycles. The molecule has 0 aliphatic heterocycles. The van der Waals surface area contributed by atoms with E-state index in [1.807, 2.05) is 60.0 Å². The van der Waals surface area contributed by atoms with Crippen LogP contribution in [0, 0.1) is 4.77 Å². The zero-order valence-corrected chi connectivity index (χ0v) is 17.1. The number of H-pyrrole nitrogens is 1. The molecule has 1 aromatic heterocycles. The summed E-state index contributed by atoms with van der Waals surface area (Å²) >= 11 is 8.69. The van der Waals surface area contributed by atoms with E-state index in [0.29, 0.717) is 23.7 Å². The first kappa shape index (κ1) is 19.3. The molecule has 3 rings (SSSR count). The van der Waals surface area contributed by atoms with Crippen molar-refractivity contribution in [1.29, 1.82) is 0 Å². The standard InChI is InChI=1S/C19H19BrN4O2S/c1-2-26-16-9-3-13(4-10-16)18-22-23-19(27)24(18)12-11-17(25)21-15-7-5-14(20)6-8-15/h3-10H,2,11-12H2,1H3,(H,21,25)(H,23,27). The lowest BCUT2D eigenvalue weighted by Gasteiger charge is -2.09. The number of carbonyl (C=O) groups is 1. The van der Waals surface area contributed by atoms with Crippen LogP contribution in [-0.2, 0) is 11.3 Å². The third-order valence-corrected chi connectivity index (χ3v) is 4.71. The van der Waals surface area contributed by atoms with Gasteiger partial charge in [0, 0.05) is 28.7 Å². The first-order valence-corrected chi connectivity index (χ1v) is 9.71. The number of rotatable bonds is 7. The largest absolute Gasteiger partial charge is 0.494 e. The monoisotopic (exact) mass is 446 g/mol. The lowest BCUT2D eigenvalue weighted by atomic mass is 10.2. The maximum Gasteiger partial charge on any atom is 0.226 e. The Morgan fingerprint density at radius 3 is 2.59 bits per heavy atom. The molecule has 140 valence electrons. The number of carbonyl (C=O) groups excluding carboxylic acids is 1. The minimum Gasteiger partial charge on any atom is -0.494 e. The zero-order valence-electron chi connectivity index (χ0n) is 14.7. The maximum atomic E-state index is 12.3. The zero-order chi connectivity index (χ0) is 19.2. The highest BCUT2D eigenvalue weighted by Gasteiger charge is 2.11. The van der Waals surface area contributed by atoms with Crippen molar-refractivity contribution in [2.75, 3.05) is 11.9 Å². The molecular formula is C19H19BrN4O2S. The Hall–Kier alpha value is -2.45. The lowest BCUT2D eigenvalue weighted by molar-refractivity contribution is -0.116. The van der Waals surface area contributed by atoms with Gasteiger partial charge < -0.3 is 10.1 Å². The number of nitrogens with zero attached hydrogens (tertiary/aromatic N) is 2. The molecule has 0 aliphatic rings. The van der Waals surface area contributed by atoms with Gasteiger partial charge in [-0.1, -0.05) is 15.9 Å². The Morgan fingerprint density at radius 1 is 1.22 bits per heavy atom. The van der Waals surface area contributed by atoms with Gasteiger partial charge in [-0.05, 0) is 67.7 Å². The van der Waals surface area contributed by atoms with E-state index in [1.54, 1.807) is 0 Å². The third-order valence-electron chi connectivity index (χ3n) is 3.87. The fourth-order valence-electron chi connectivity index (χ4n) is 2.58. The average molecular weight is 447 g/mol. The first-order chi connectivity index (χ1) is 13.1. The quantitative estimate of drug-likeness (QED) is 0.511. The lowest BCUT2D eigenvalue weighted by Crippen LogP contribution is -2.15. The summed E-state index contributed by atoms with van der Waals surface area (Å²) in [7, 11) is 0. The minimum atomic E-state index is -0.0851. The second-order valence-corrected chi connectivity index (χ2v) is 7.07. The van der Waals surface area contributed by atoms with Crippen LogP contribution in [0.15, 0.2) is 53.0 Å². The molecule has 0 aliphatic carbocycles. The maximum absolute atomic E-state index is 12.3.